The Kier molecular flexibility index (Phi) is 8.53. The average molecular weight is 477 g/mol. The number of aryl methyl sites for hydroxylation is 1. The van der Waals surface area contributed by atoms with Gasteiger partial charge in [-0.15, -0.1) is 0 Å². The topological polar surface area (TPSA) is 125 Å². The molecule has 0 aliphatic heterocycles. The Bertz CT molecular complexity index is 1320. The molecule has 0 bridgehead atoms. The molecule has 3 N–H and O–H groups in total. The molecule has 2 heterocycles. The molecule has 9 heteroatoms. The van der Waals surface area contributed by atoms with E-state index in [9.17, 15) is 4.79 Å². The molecular weight excluding hydrogens is 448 g/mol. The fourth-order valence-electron chi connectivity index (χ4n) is 3.85. The van der Waals surface area contributed by atoms with Crippen LogP contribution in [0.25, 0.3) is 21.8 Å². The third-order valence-electron chi connectivity index (χ3n) is 5.44. The second-order valence-corrected chi connectivity index (χ2v) is 7.96. The number of rotatable bonds is 7. The third-order valence-corrected chi connectivity index (χ3v) is 5.44. The molecule has 182 valence electrons. The third kappa shape index (κ3) is 6.64. The maximum atomic E-state index is 12.5. The number of amides is 1. The van der Waals surface area contributed by atoms with Gasteiger partial charge in [-0.2, -0.15) is 0 Å². The summed E-state index contributed by atoms with van der Waals surface area (Å²) >= 11 is 0. The number of nitrogens with zero attached hydrogens (tertiary/aromatic N) is 3. The molecule has 0 atom stereocenters. The maximum Gasteiger partial charge on any atom is 0.414 e. The molecule has 35 heavy (non-hydrogen) atoms. The molecular formula is C26H28N4O5. The van der Waals surface area contributed by atoms with Crippen LogP contribution >= 0.6 is 0 Å². The first-order valence-electron chi connectivity index (χ1n) is 11.2. The number of carbonyl (C=O) groups excluding carboxylic acids is 1. The molecule has 0 saturated carbocycles. The van der Waals surface area contributed by atoms with Gasteiger partial charge in [-0.1, -0.05) is 24.3 Å². The van der Waals surface area contributed by atoms with E-state index < -0.39 is 11.9 Å². The number of anilines is 1. The molecule has 4 aromatic rings. The summed E-state index contributed by atoms with van der Waals surface area (Å²) < 4.78 is 2.31. The van der Waals surface area contributed by atoms with Crippen LogP contribution in [0.5, 0.6) is 0 Å². The van der Waals surface area contributed by atoms with Gasteiger partial charge in [0.25, 0.3) is 0 Å². The standard InChI is InChI=1S/C24H26N4O.C2H2O4/c1-3-28-22-10-5-4-9-20(22)21-16-19(11-12-23(21)28)26-24(29)17-27(2)15-13-18-8-6-7-14-25-18;3-1(4)2(5)6/h4-12,14,16H,3,13,15,17H2,1-2H3,(H,26,29);(H,3,4)(H,5,6). The lowest BCUT2D eigenvalue weighted by Gasteiger charge is -2.16. The van der Waals surface area contributed by atoms with Crippen molar-refractivity contribution in [3.05, 3.63) is 72.6 Å². The van der Waals surface area contributed by atoms with Gasteiger partial charge in [0, 0.05) is 58.9 Å². The first kappa shape index (κ1) is 25.4. The number of fused-ring (bicyclic) bond motifs is 3. The fraction of sp³-hybridized carbons (Fsp3) is 0.231. The number of likely N-dealkylation sites (N-methyl/N-ethyl adjacent to an activating group) is 1. The highest BCUT2D eigenvalue weighted by Crippen LogP contribution is 2.30. The molecule has 4 rings (SSSR count). The van der Waals surface area contributed by atoms with E-state index >= 15 is 0 Å². The number of benzene rings is 2. The lowest BCUT2D eigenvalue weighted by molar-refractivity contribution is -0.159. The van der Waals surface area contributed by atoms with Crippen LogP contribution in [0, 0.1) is 0 Å². The van der Waals surface area contributed by atoms with Crippen LogP contribution in [-0.4, -0.2) is 62.6 Å². The first-order valence-corrected chi connectivity index (χ1v) is 11.2. The van der Waals surface area contributed by atoms with Crippen LogP contribution in [0.15, 0.2) is 66.9 Å². The Morgan fingerprint density at radius 3 is 2.29 bits per heavy atom. The van der Waals surface area contributed by atoms with Crippen molar-refractivity contribution in [1.29, 1.82) is 0 Å². The van der Waals surface area contributed by atoms with Gasteiger partial charge >= 0.3 is 11.9 Å². The Morgan fingerprint density at radius 1 is 0.943 bits per heavy atom. The number of hydrogen-bond acceptors (Lipinski definition) is 5. The van der Waals surface area contributed by atoms with Crippen LogP contribution in [0.1, 0.15) is 12.6 Å². The summed E-state index contributed by atoms with van der Waals surface area (Å²) in [5, 5.41) is 20.2. The van der Waals surface area contributed by atoms with Gasteiger partial charge < -0.3 is 20.1 Å². The molecule has 2 aromatic heterocycles. The zero-order valence-corrected chi connectivity index (χ0v) is 19.6. The predicted molar refractivity (Wildman–Crippen MR) is 134 cm³/mol. The van der Waals surface area contributed by atoms with E-state index in [2.05, 4.69) is 58.2 Å². The molecule has 0 fully saturated rings. The molecule has 0 unspecified atom stereocenters. The number of nitrogens with one attached hydrogen (secondary N) is 1. The van der Waals surface area contributed by atoms with Crippen molar-refractivity contribution in [1.82, 2.24) is 14.5 Å². The SMILES string of the molecule is CCn1c2ccccc2c2cc(NC(=O)CN(C)CCc3ccccn3)ccc21.O=C(O)C(=O)O. The highest BCUT2D eigenvalue weighted by Gasteiger charge is 2.12. The largest absolute Gasteiger partial charge is 0.473 e. The van der Waals surface area contributed by atoms with E-state index in [1.807, 2.05) is 36.2 Å². The Labute approximate surface area is 202 Å². The minimum atomic E-state index is -1.82. The number of carboxylic acids is 2. The van der Waals surface area contributed by atoms with E-state index in [0.29, 0.717) is 6.54 Å². The molecule has 0 aliphatic rings. The van der Waals surface area contributed by atoms with Crippen molar-refractivity contribution in [3.8, 4) is 0 Å². The second-order valence-electron chi connectivity index (χ2n) is 7.96. The molecule has 0 radical (unpaired) electrons. The lowest BCUT2D eigenvalue weighted by atomic mass is 10.1. The predicted octanol–water partition coefficient (Wildman–Crippen LogP) is 3.48. The van der Waals surface area contributed by atoms with Crippen molar-refractivity contribution in [2.45, 2.75) is 19.9 Å². The summed E-state index contributed by atoms with van der Waals surface area (Å²) in [7, 11) is 1.96. The van der Waals surface area contributed by atoms with E-state index in [1.165, 1.54) is 21.8 Å². The van der Waals surface area contributed by atoms with Crippen LogP contribution in [0.2, 0.25) is 0 Å². The van der Waals surface area contributed by atoms with Gasteiger partial charge in [0.1, 0.15) is 0 Å². The van der Waals surface area contributed by atoms with Crippen LogP contribution < -0.4 is 5.32 Å². The lowest BCUT2D eigenvalue weighted by Crippen LogP contribution is -2.31. The van der Waals surface area contributed by atoms with Gasteiger partial charge in [-0.25, -0.2) is 9.59 Å². The van der Waals surface area contributed by atoms with Crippen LogP contribution in [0.4, 0.5) is 5.69 Å². The number of aliphatic carboxylic acids is 2. The van der Waals surface area contributed by atoms with Gasteiger partial charge in [0.05, 0.1) is 6.54 Å². The molecule has 1 amide bonds. The minimum Gasteiger partial charge on any atom is -0.473 e. The van der Waals surface area contributed by atoms with Crippen molar-refractivity contribution < 1.29 is 24.6 Å². The van der Waals surface area contributed by atoms with E-state index in [-0.39, 0.29) is 5.91 Å². The highest BCUT2D eigenvalue weighted by molar-refractivity contribution is 6.27. The number of carbonyl (C=O) groups is 3. The Morgan fingerprint density at radius 2 is 1.63 bits per heavy atom. The summed E-state index contributed by atoms with van der Waals surface area (Å²) in [5.74, 6) is -3.66. The summed E-state index contributed by atoms with van der Waals surface area (Å²) in [4.78, 5) is 37.1. The monoisotopic (exact) mass is 476 g/mol. The Hall–Kier alpha value is -4.24. The van der Waals surface area contributed by atoms with Crippen molar-refractivity contribution in [2.75, 3.05) is 25.5 Å². The van der Waals surface area contributed by atoms with Gasteiger partial charge in [-0.05, 0) is 50.4 Å². The summed E-state index contributed by atoms with van der Waals surface area (Å²) in [6.07, 6.45) is 2.63. The van der Waals surface area contributed by atoms with Gasteiger partial charge in [0.15, 0.2) is 0 Å². The smallest absolute Gasteiger partial charge is 0.414 e. The zero-order valence-electron chi connectivity index (χ0n) is 19.6. The highest BCUT2D eigenvalue weighted by atomic mass is 16.4. The van der Waals surface area contributed by atoms with E-state index in [4.69, 9.17) is 19.8 Å². The van der Waals surface area contributed by atoms with Crippen LogP contribution in [-0.2, 0) is 27.3 Å². The number of aromatic nitrogens is 2. The first-order chi connectivity index (χ1) is 16.8. The average Bonchev–Trinajstić information content (AvgIpc) is 3.16. The summed E-state index contributed by atoms with van der Waals surface area (Å²) in [5.41, 5.74) is 4.29. The van der Waals surface area contributed by atoms with Crippen LogP contribution in [0.3, 0.4) is 0 Å². The second kappa shape index (κ2) is 11.8. The maximum absolute atomic E-state index is 12.5. The molecule has 0 aliphatic carbocycles. The Balaban J connectivity index is 0.000000509. The minimum absolute atomic E-state index is 0.00731. The summed E-state index contributed by atoms with van der Waals surface area (Å²) in [6.45, 7) is 4.20. The zero-order chi connectivity index (χ0) is 25.4. The number of hydrogen-bond donors (Lipinski definition) is 3. The quantitative estimate of drug-likeness (QED) is 0.349. The normalized spacial score (nSPS) is 10.7. The van der Waals surface area contributed by atoms with Crippen molar-refractivity contribution in [2.24, 2.45) is 0 Å². The molecule has 9 nitrogen and oxygen atoms in total. The summed E-state index contributed by atoms with van der Waals surface area (Å²) in [6, 6.07) is 20.5. The van der Waals surface area contributed by atoms with E-state index in [0.717, 1.165) is 30.9 Å². The number of para-hydroxylation sites is 1. The fourth-order valence-corrected chi connectivity index (χ4v) is 3.85. The van der Waals surface area contributed by atoms with Gasteiger partial charge in [-0.3, -0.25) is 14.7 Å². The van der Waals surface area contributed by atoms with Gasteiger partial charge in [0.2, 0.25) is 5.91 Å². The molecule has 2 aromatic carbocycles. The molecule has 0 saturated heterocycles. The van der Waals surface area contributed by atoms with Crippen molar-refractivity contribution >= 4 is 45.3 Å². The van der Waals surface area contributed by atoms with E-state index in [1.54, 1.807) is 6.20 Å². The van der Waals surface area contributed by atoms with Crippen molar-refractivity contribution in [3.63, 3.8) is 0 Å². The number of pyridine rings is 1. The molecule has 0 spiro atoms. The number of carboxylic acid groups (broad SMARTS) is 2.